The van der Waals surface area contributed by atoms with E-state index in [1.807, 2.05) is 14.1 Å². The Balaban J connectivity index is 2.20. The minimum Gasteiger partial charge on any atom is -0.383 e. The van der Waals surface area contributed by atoms with Crippen molar-refractivity contribution in [1.29, 1.82) is 0 Å². The Kier molecular flexibility index (Phi) is 7.73. The van der Waals surface area contributed by atoms with Crippen LogP contribution in [-0.4, -0.2) is 44.5 Å². The van der Waals surface area contributed by atoms with Crippen molar-refractivity contribution in [3.8, 4) is 0 Å². The van der Waals surface area contributed by atoms with Gasteiger partial charge in [0.2, 0.25) is 5.91 Å². The highest BCUT2D eigenvalue weighted by molar-refractivity contribution is 6.35. The molecule has 1 rings (SSSR count). The van der Waals surface area contributed by atoms with Gasteiger partial charge in [0.05, 0.1) is 10.7 Å². The van der Waals surface area contributed by atoms with Gasteiger partial charge in [-0.15, -0.1) is 0 Å². The standard InChI is InChI=1S/C14H21Cl2N3O/c1-19(2)9-3-7-18-14(20)6-8-17-13-10-11(15)4-5-12(13)16/h4-5,10,17H,3,6-9H2,1-2H3,(H,18,20). The molecule has 6 heteroatoms. The minimum absolute atomic E-state index is 0.0365. The number of nitrogens with one attached hydrogen (secondary N) is 2. The van der Waals surface area contributed by atoms with Gasteiger partial charge in [0.15, 0.2) is 0 Å². The largest absolute Gasteiger partial charge is 0.383 e. The van der Waals surface area contributed by atoms with Gasteiger partial charge in [-0.05, 0) is 45.3 Å². The SMILES string of the molecule is CN(C)CCCNC(=O)CCNc1cc(Cl)ccc1Cl. The monoisotopic (exact) mass is 317 g/mol. The van der Waals surface area contributed by atoms with Gasteiger partial charge < -0.3 is 15.5 Å². The van der Waals surface area contributed by atoms with Gasteiger partial charge in [0.1, 0.15) is 0 Å². The predicted molar refractivity (Wildman–Crippen MR) is 85.7 cm³/mol. The average Bonchev–Trinajstić information content (AvgIpc) is 2.38. The van der Waals surface area contributed by atoms with E-state index >= 15 is 0 Å². The van der Waals surface area contributed by atoms with Crippen molar-refractivity contribution in [3.63, 3.8) is 0 Å². The molecule has 1 amide bonds. The highest BCUT2D eigenvalue weighted by Gasteiger charge is 2.03. The molecule has 1 aromatic carbocycles. The number of halogens is 2. The fourth-order valence-electron chi connectivity index (χ4n) is 1.66. The lowest BCUT2D eigenvalue weighted by molar-refractivity contribution is -0.120. The number of amides is 1. The number of hydrogen-bond donors (Lipinski definition) is 2. The molecule has 0 bridgehead atoms. The molecule has 1 aromatic rings. The minimum atomic E-state index is 0.0365. The molecule has 0 saturated carbocycles. The van der Waals surface area contributed by atoms with Crippen LogP contribution in [0.5, 0.6) is 0 Å². The molecule has 0 heterocycles. The van der Waals surface area contributed by atoms with E-state index < -0.39 is 0 Å². The van der Waals surface area contributed by atoms with Crippen LogP contribution in [0.4, 0.5) is 5.69 Å². The summed E-state index contributed by atoms with van der Waals surface area (Å²) in [5.74, 6) is 0.0365. The highest BCUT2D eigenvalue weighted by atomic mass is 35.5. The van der Waals surface area contributed by atoms with Crippen LogP contribution in [0.25, 0.3) is 0 Å². The third-order valence-electron chi connectivity index (χ3n) is 2.70. The van der Waals surface area contributed by atoms with Crippen molar-refractivity contribution >= 4 is 34.8 Å². The van der Waals surface area contributed by atoms with Crippen molar-refractivity contribution in [2.24, 2.45) is 0 Å². The van der Waals surface area contributed by atoms with Crippen LogP contribution in [0.3, 0.4) is 0 Å². The molecule has 112 valence electrons. The molecule has 0 fully saturated rings. The van der Waals surface area contributed by atoms with Crippen molar-refractivity contribution in [2.75, 3.05) is 39.0 Å². The number of carbonyl (C=O) groups excluding carboxylic acids is 1. The number of benzene rings is 1. The molecule has 0 saturated heterocycles. The molecule has 0 spiro atoms. The summed E-state index contributed by atoms with van der Waals surface area (Å²) in [5, 5.41) is 7.21. The van der Waals surface area contributed by atoms with Gasteiger partial charge in [-0.1, -0.05) is 23.2 Å². The second-order valence-corrected chi connectivity index (χ2v) is 5.65. The maximum atomic E-state index is 11.6. The number of carbonyl (C=O) groups is 1. The van der Waals surface area contributed by atoms with Gasteiger partial charge in [-0.3, -0.25) is 4.79 Å². The summed E-state index contributed by atoms with van der Waals surface area (Å²) >= 11 is 11.9. The lowest BCUT2D eigenvalue weighted by atomic mass is 10.3. The van der Waals surface area contributed by atoms with Crippen molar-refractivity contribution < 1.29 is 4.79 Å². The first-order chi connectivity index (χ1) is 9.49. The molecule has 2 N–H and O–H groups in total. The van der Waals surface area contributed by atoms with E-state index in [0.29, 0.717) is 29.6 Å². The summed E-state index contributed by atoms with van der Waals surface area (Å²) in [4.78, 5) is 13.7. The quantitative estimate of drug-likeness (QED) is 0.725. The second-order valence-electron chi connectivity index (χ2n) is 4.81. The Morgan fingerprint density at radius 2 is 2.00 bits per heavy atom. The molecular formula is C14H21Cl2N3O. The van der Waals surface area contributed by atoms with E-state index in [-0.39, 0.29) is 5.91 Å². The van der Waals surface area contributed by atoms with Crippen LogP contribution in [0.2, 0.25) is 10.0 Å². The van der Waals surface area contributed by atoms with Gasteiger partial charge >= 0.3 is 0 Å². The number of hydrogen-bond acceptors (Lipinski definition) is 3. The molecule has 4 nitrogen and oxygen atoms in total. The third-order valence-corrected chi connectivity index (χ3v) is 3.26. The number of anilines is 1. The Morgan fingerprint density at radius 1 is 1.25 bits per heavy atom. The van der Waals surface area contributed by atoms with Crippen LogP contribution < -0.4 is 10.6 Å². The summed E-state index contributed by atoms with van der Waals surface area (Å²) in [6.07, 6.45) is 1.36. The zero-order valence-corrected chi connectivity index (χ0v) is 13.4. The maximum Gasteiger partial charge on any atom is 0.221 e. The highest BCUT2D eigenvalue weighted by Crippen LogP contribution is 2.25. The van der Waals surface area contributed by atoms with Crippen molar-refractivity contribution in [2.45, 2.75) is 12.8 Å². The van der Waals surface area contributed by atoms with E-state index in [1.165, 1.54) is 0 Å². The molecular weight excluding hydrogens is 297 g/mol. The predicted octanol–water partition coefficient (Wildman–Crippen LogP) is 2.86. The Morgan fingerprint density at radius 3 is 2.70 bits per heavy atom. The van der Waals surface area contributed by atoms with E-state index in [0.717, 1.165) is 18.7 Å². The number of nitrogens with zero attached hydrogens (tertiary/aromatic N) is 1. The van der Waals surface area contributed by atoms with Gasteiger partial charge in [0, 0.05) is 24.5 Å². The van der Waals surface area contributed by atoms with Gasteiger partial charge in [-0.2, -0.15) is 0 Å². The fourth-order valence-corrected chi connectivity index (χ4v) is 2.01. The van der Waals surface area contributed by atoms with Gasteiger partial charge in [-0.25, -0.2) is 0 Å². The summed E-state index contributed by atoms with van der Waals surface area (Å²) in [7, 11) is 4.03. The fraction of sp³-hybridized carbons (Fsp3) is 0.500. The van der Waals surface area contributed by atoms with E-state index in [9.17, 15) is 4.79 Å². The average molecular weight is 318 g/mol. The first kappa shape index (κ1) is 17.1. The summed E-state index contributed by atoms with van der Waals surface area (Å²) in [6.45, 7) is 2.20. The molecule has 0 radical (unpaired) electrons. The molecule has 0 aliphatic rings. The molecule has 0 aromatic heterocycles. The Bertz CT molecular complexity index is 438. The molecule has 0 aliphatic heterocycles. The zero-order valence-electron chi connectivity index (χ0n) is 11.9. The van der Waals surface area contributed by atoms with E-state index in [1.54, 1.807) is 18.2 Å². The lowest BCUT2D eigenvalue weighted by Gasteiger charge is -2.11. The van der Waals surface area contributed by atoms with Crippen LogP contribution >= 0.6 is 23.2 Å². The summed E-state index contributed by atoms with van der Waals surface area (Å²) < 4.78 is 0. The molecule has 0 atom stereocenters. The van der Waals surface area contributed by atoms with Gasteiger partial charge in [0.25, 0.3) is 0 Å². The summed E-state index contributed by atoms with van der Waals surface area (Å²) in [6, 6.07) is 5.21. The lowest BCUT2D eigenvalue weighted by Crippen LogP contribution is -2.28. The Hall–Kier alpha value is -0.970. The van der Waals surface area contributed by atoms with Crippen LogP contribution in [0.1, 0.15) is 12.8 Å². The maximum absolute atomic E-state index is 11.6. The molecule has 20 heavy (non-hydrogen) atoms. The summed E-state index contributed by atoms with van der Waals surface area (Å²) in [5.41, 5.74) is 0.750. The second kappa shape index (κ2) is 9.06. The van der Waals surface area contributed by atoms with Crippen LogP contribution in [0.15, 0.2) is 18.2 Å². The normalized spacial score (nSPS) is 10.7. The van der Waals surface area contributed by atoms with E-state index in [2.05, 4.69) is 15.5 Å². The van der Waals surface area contributed by atoms with Crippen LogP contribution in [0, 0.1) is 0 Å². The smallest absolute Gasteiger partial charge is 0.221 e. The van der Waals surface area contributed by atoms with Crippen molar-refractivity contribution in [3.05, 3.63) is 28.2 Å². The zero-order chi connectivity index (χ0) is 15.0. The third kappa shape index (κ3) is 6.98. The van der Waals surface area contributed by atoms with Crippen molar-refractivity contribution in [1.82, 2.24) is 10.2 Å². The topological polar surface area (TPSA) is 44.4 Å². The first-order valence-corrected chi connectivity index (χ1v) is 7.35. The number of rotatable bonds is 8. The van der Waals surface area contributed by atoms with E-state index in [4.69, 9.17) is 23.2 Å². The Labute approximate surface area is 130 Å². The molecule has 0 aliphatic carbocycles. The van der Waals surface area contributed by atoms with Crippen LogP contribution in [-0.2, 0) is 4.79 Å². The molecule has 0 unspecified atom stereocenters. The first-order valence-electron chi connectivity index (χ1n) is 6.59.